The molecule has 3 aromatic rings. The van der Waals surface area contributed by atoms with Crippen molar-refractivity contribution in [3.63, 3.8) is 0 Å². The molecule has 1 fully saturated rings. The zero-order chi connectivity index (χ0) is 30.2. The summed E-state index contributed by atoms with van der Waals surface area (Å²) in [7, 11) is 1.46. The van der Waals surface area contributed by atoms with Crippen LogP contribution in [0.1, 0.15) is 12.5 Å². The first kappa shape index (κ1) is 30.1. The van der Waals surface area contributed by atoms with E-state index in [9.17, 15) is 23.6 Å². The van der Waals surface area contributed by atoms with Gasteiger partial charge in [0.05, 0.1) is 23.9 Å². The van der Waals surface area contributed by atoms with Gasteiger partial charge < -0.3 is 30.2 Å². The van der Waals surface area contributed by atoms with Crippen LogP contribution in [0.3, 0.4) is 0 Å². The number of hydrogen-bond acceptors (Lipinski definition) is 7. The number of benzene rings is 3. The van der Waals surface area contributed by atoms with Crippen molar-refractivity contribution in [3.8, 4) is 17.2 Å². The van der Waals surface area contributed by atoms with Gasteiger partial charge in [0.2, 0.25) is 5.91 Å². The SMILES string of the molecule is CCOc1cc(/C=C2/NC(=O)N(CC(=O)Nc3ccccc3OC)C2=O)cc(Br)c1OCC(=O)Nc1ccc(F)cc1. The zero-order valence-electron chi connectivity index (χ0n) is 22.5. The molecule has 218 valence electrons. The summed E-state index contributed by atoms with van der Waals surface area (Å²) in [6.45, 7) is 1.16. The first-order valence-electron chi connectivity index (χ1n) is 12.6. The number of carbonyl (C=O) groups excluding carboxylic acids is 4. The Hall–Kier alpha value is -4.91. The van der Waals surface area contributed by atoms with Gasteiger partial charge in [-0.1, -0.05) is 12.1 Å². The smallest absolute Gasteiger partial charge is 0.329 e. The molecule has 0 radical (unpaired) electrons. The monoisotopic (exact) mass is 640 g/mol. The van der Waals surface area contributed by atoms with E-state index >= 15 is 0 Å². The van der Waals surface area contributed by atoms with E-state index in [0.29, 0.717) is 27.2 Å². The minimum Gasteiger partial charge on any atom is -0.495 e. The molecule has 3 aromatic carbocycles. The Morgan fingerprint density at radius 1 is 1.00 bits per heavy atom. The van der Waals surface area contributed by atoms with Crippen molar-refractivity contribution in [1.82, 2.24) is 10.2 Å². The van der Waals surface area contributed by atoms with Crippen molar-refractivity contribution >= 4 is 57.1 Å². The number of nitrogens with one attached hydrogen (secondary N) is 3. The third-order valence-electron chi connectivity index (χ3n) is 5.76. The molecule has 3 N–H and O–H groups in total. The van der Waals surface area contributed by atoms with Gasteiger partial charge in [-0.05, 0) is 83.0 Å². The Morgan fingerprint density at radius 2 is 1.74 bits per heavy atom. The van der Waals surface area contributed by atoms with Gasteiger partial charge in [0.25, 0.3) is 11.8 Å². The number of urea groups is 1. The van der Waals surface area contributed by atoms with Crippen LogP contribution in [0, 0.1) is 5.82 Å². The van der Waals surface area contributed by atoms with Gasteiger partial charge in [-0.3, -0.25) is 14.4 Å². The van der Waals surface area contributed by atoms with E-state index in [1.165, 1.54) is 37.5 Å². The Kier molecular flexibility index (Phi) is 9.76. The average molecular weight is 641 g/mol. The van der Waals surface area contributed by atoms with Crippen molar-refractivity contribution in [2.45, 2.75) is 6.92 Å². The number of ether oxygens (including phenoxy) is 3. The lowest BCUT2D eigenvalue weighted by Crippen LogP contribution is -2.38. The summed E-state index contributed by atoms with van der Waals surface area (Å²) in [5, 5.41) is 7.71. The molecule has 11 nitrogen and oxygen atoms in total. The molecular formula is C29H26BrFN4O7. The van der Waals surface area contributed by atoms with Gasteiger partial charge in [0.15, 0.2) is 18.1 Å². The Balaban J connectivity index is 1.44. The third kappa shape index (κ3) is 7.43. The standard InChI is InChI=1S/C29H26BrFN4O7/c1-3-41-24-14-17(12-20(30)27(24)42-16-26(37)32-19-10-8-18(31)9-11-19)13-22-28(38)35(29(39)34-22)15-25(36)33-21-6-4-5-7-23(21)40-2/h4-14H,3,15-16H2,1-2H3,(H,32,37)(H,33,36)(H,34,39)/b22-13+. The summed E-state index contributed by atoms with van der Waals surface area (Å²) in [5.41, 5.74) is 1.23. The lowest BCUT2D eigenvalue weighted by atomic mass is 10.1. The first-order chi connectivity index (χ1) is 20.2. The van der Waals surface area contributed by atoms with E-state index in [1.54, 1.807) is 43.3 Å². The van der Waals surface area contributed by atoms with Crippen LogP contribution in [0.25, 0.3) is 6.08 Å². The van der Waals surface area contributed by atoms with Gasteiger partial charge in [-0.25, -0.2) is 14.1 Å². The maximum atomic E-state index is 13.1. The fourth-order valence-electron chi connectivity index (χ4n) is 3.91. The highest BCUT2D eigenvalue weighted by molar-refractivity contribution is 9.10. The zero-order valence-corrected chi connectivity index (χ0v) is 24.1. The molecule has 0 spiro atoms. The predicted octanol–water partition coefficient (Wildman–Crippen LogP) is 4.54. The van der Waals surface area contributed by atoms with Crippen LogP contribution in [0.5, 0.6) is 17.2 Å². The second-order valence-electron chi connectivity index (χ2n) is 8.73. The highest BCUT2D eigenvalue weighted by atomic mass is 79.9. The van der Waals surface area contributed by atoms with Crippen LogP contribution in [-0.4, -0.2) is 55.5 Å². The summed E-state index contributed by atoms with van der Waals surface area (Å²) in [4.78, 5) is 51.2. The fraction of sp³-hybridized carbons (Fsp3) is 0.172. The molecule has 5 amide bonds. The second kappa shape index (κ2) is 13.6. The van der Waals surface area contributed by atoms with Gasteiger partial charge in [-0.2, -0.15) is 0 Å². The van der Waals surface area contributed by atoms with E-state index in [-0.39, 0.29) is 30.4 Å². The minimum atomic E-state index is -0.752. The van der Waals surface area contributed by atoms with Crippen LogP contribution in [-0.2, 0) is 14.4 Å². The molecule has 0 aromatic heterocycles. The van der Waals surface area contributed by atoms with Crippen LogP contribution in [0.15, 0.2) is 70.8 Å². The lowest BCUT2D eigenvalue weighted by molar-refractivity contribution is -0.127. The molecule has 4 rings (SSSR count). The molecule has 0 aliphatic carbocycles. The number of amides is 5. The molecule has 0 saturated carbocycles. The molecule has 1 saturated heterocycles. The fourth-order valence-corrected chi connectivity index (χ4v) is 4.48. The normalized spacial score (nSPS) is 13.5. The molecule has 1 aliphatic heterocycles. The molecular weight excluding hydrogens is 615 g/mol. The van der Waals surface area contributed by atoms with Crippen molar-refractivity contribution in [2.24, 2.45) is 0 Å². The maximum absolute atomic E-state index is 13.1. The molecule has 0 atom stereocenters. The summed E-state index contributed by atoms with van der Waals surface area (Å²) in [6, 6.07) is 14.5. The van der Waals surface area contributed by atoms with Crippen LogP contribution in [0.4, 0.5) is 20.6 Å². The summed E-state index contributed by atoms with van der Waals surface area (Å²) >= 11 is 3.40. The van der Waals surface area contributed by atoms with E-state index < -0.39 is 36.1 Å². The quantitative estimate of drug-likeness (QED) is 0.207. The number of halogens is 2. The maximum Gasteiger partial charge on any atom is 0.329 e. The first-order valence-corrected chi connectivity index (χ1v) is 13.4. The lowest BCUT2D eigenvalue weighted by Gasteiger charge is -2.15. The van der Waals surface area contributed by atoms with Crippen LogP contribution in [0.2, 0.25) is 0 Å². The topological polar surface area (TPSA) is 135 Å². The average Bonchev–Trinajstić information content (AvgIpc) is 3.21. The summed E-state index contributed by atoms with van der Waals surface area (Å²) in [6.07, 6.45) is 1.43. The molecule has 0 bridgehead atoms. The summed E-state index contributed by atoms with van der Waals surface area (Å²) < 4.78 is 30.1. The Labute approximate surface area is 248 Å². The van der Waals surface area contributed by atoms with E-state index in [1.807, 2.05) is 0 Å². The van der Waals surface area contributed by atoms with Gasteiger partial charge >= 0.3 is 6.03 Å². The van der Waals surface area contributed by atoms with Gasteiger partial charge in [0.1, 0.15) is 23.8 Å². The van der Waals surface area contributed by atoms with Crippen LogP contribution < -0.4 is 30.2 Å². The number of para-hydroxylation sites is 2. The van der Waals surface area contributed by atoms with Crippen molar-refractivity contribution in [1.29, 1.82) is 0 Å². The predicted molar refractivity (Wildman–Crippen MR) is 156 cm³/mol. The molecule has 1 heterocycles. The van der Waals surface area contributed by atoms with Crippen LogP contribution >= 0.6 is 15.9 Å². The Morgan fingerprint density at radius 3 is 2.45 bits per heavy atom. The molecule has 42 heavy (non-hydrogen) atoms. The van der Waals surface area contributed by atoms with E-state index in [2.05, 4.69) is 31.9 Å². The van der Waals surface area contributed by atoms with E-state index in [4.69, 9.17) is 14.2 Å². The van der Waals surface area contributed by atoms with Gasteiger partial charge in [-0.15, -0.1) is 0 Å². The van der Waals surface area contributed by atoms with Gasteiger partial charge in [0, 0.05) is 5.69 Å². The van der Waals surface area contributed by atoms with E-state index in [0.717, 1.165) is 4.90 Å². The number of carbonyl (C=O) groups is 4. The second-order valence-corrected chi connectivity index (χ2v) is 9.59. The highest BCUT2D eigenvalue weighted by Crippen LogP contribution is 2.37. The molecule has 1 aliphatic rings. The number of hydrogen-bond donors (Lipinski definition) is 3. The summed E-state index contributed by atoms with van der Waals surface area (Å²) in [5.74, 6) is -1.23. The number of imide groups is 1. The van der Waals surface area contributed by atoms with Crippen molar-refractivity contribution < 1.29 is 37.8 Å². The number of anilines is 2. The number of nitrogens with zero attached hydrogens (tertiary/aromatic N) is 1. The largest absolute Gasteiger partial charge is 0.495 e. The number of methoxy groups -OCH3 is 1. The third-order valence-corrected chi connectivity index (χ3v) is 6.35. The molecule has 13 heteroatoms. The highest BCUT2D eigenvalue weighted by Gasteiger charge is 2.35. The number of rotatable bonds is 11. The molecule has 0 unspecified atom stereocenters. The minimum absolute atomic E-state index is 0.0493. The van der Waals surface area contributed by atoms with Crippen molar-refractivity contribution in [2.75, 3.05) is 37.5 Å². The van der Waals surface area contributed by atoms with Crippen molar-refractivity contribution in [3.05, 3.63) is 82.2 Å². The Bertz CT molecular complexity index is 1550.